The number of rotatable bonds is 2. The molecule has 0 atom stereocenters. The Labute approximate surface area is 81.6 Å². The Morgan fingerprint density at radius 2 is 2.15 bits per heavy atom. The molecule has 0 aliphatic rings. The fourth-order valence-electron chi connectivity index (χ4n) is 1.25. The van der Waals surface area contributed by atoms with Crippen LogP contribution in [0.25, 0.3) is 17.0 Å². The van der Waals surface area contributed by atoms with Crippen LogP contribution in [0.15, 0.2) is 40.8 Å². The average molecular weight is 193 g/mol. The summed E-state index contributed by atoms with van der Waals surface area (Å²) < 4.78 is 5.52. The highest BCUT2D eigenvalue weighted by molar-refractivity contribution is 6.19. The zero-order valence-electron chi connectivity index (χ0n) is 7.03. The molecule has 13 heavy (non-hydrogen) atoms. The van der Waals surface area contributed by atoms with Crippen molar-refractivity contribution in [3.63, 3.8) is 0 Å². The van der Waals surface area contributed by atoms with Gasteiger partial charge in [0.25, 0.3) is 0 Å². The molecule has 0 bridgehead atoms. The molecule has 0 saturated carbocycles. The molecule has 2 heteroatoms. The zero-order valence-corrected chi connectivity index (χ0v) is 7.79. The number of benzene rings is 1. The van der Waals surface area contributed by atoms with Gasteiger partial charge in [0.2, 0.25) is 0 Å². The van der Waals surface area contributed by atoms with Crippen molar-refractivity contribution < 1.29 is 4.42 Å². The molecule has 0 amide bonds. The van der Waals surface area contributed by atoms with Gasteiger partial charge in [-0.3, -0.25) is 0 Å². The second-order valence-electron chi connectivity index (χ2n) is 2.74. The normalized spacial score (nSPS) is 11.5. The Kier molecular flexibility index (Phi) is 2.37. The van der Waals surface area contributed by atoms with Gasteiger partial charge in [-0.15, -0.1) is 11.6 Å². The molecular formula is C11H9ClO. The highest BCUT2D eigenvalue weighted by Crippen LogP contribution is 2.19. The third-order valence-corrected chi connectivity index (χ3v) is 1.99. The standard InChI is InChI=1S/C11H9ClO/c12-7-3-5-10-8-9-4-1-2-6-11(9)13-10/h1-6,8H,7H2/b5-3+. The summed E-state index contributed by atoms with van der Waals surface area (Å²) in [6.07, 6.45) is 3.74. The van der Waals surface area contributed by atoms with Gasteiger partial charge in [-0.05, 0) is 18.2 Å². The maximum absolute atomic E-state index is 5.52. The Bertz CT molecular complexity index is 395. The van der Waals surface area contributed by atoms with Crippen molar-refractivity contribution in [2.75, 3.05) is 5.88 Å². The van der Waals surface area contributed by atoms with E-state index in [4.69, 9.17) is 16.0 Å². The fraction of sp³-hybridized carbons (Fsp3) is 0.0909. The van der Waals surface area contributed by atoms with Crippen molar-refractivity contribution in [3.05, 3.63) is 42.2 Å². The molecule has 1 aromatic heterocycles. The second kappa shape index (κ2) is 3.67. The third-order valence-electron chi connectivity index (χ3n) is 1.82. The van der Waals surface area contributed by atoms with Crippen LogP contribution >= 0.6 is 11.6 Å². The minimum Gasteiger partial charge on any atom is -0.457 e. The van der Waals surface area contributed by atoms with Gasteiger partial charge in [-0.2, -0.15) is 0 Å². The summed E-state index contributed by atoms with van der Waals surface area (Å²) in [7, 11) is 0. The van der Waals surface area contributed by atoms with E-state index in [1.54, 1.807) is 0 Å². The van der Waals surface area contributed by atoms with Crippen LogP contribution in [0.2, 0.25) is 0 Å². The summed E-state index contributed by atoms with van der Waals surface area (Å²) >= 11 is 5.52. The van der Waals surface area contributed by atoms with Gasteiger partial charge in [-0.1, -0.05) is 24.3 Å². The highest BCUT2D eigenvalue weighted by Gasteiger charge is 1.97. The van der Waals surface area contributed by atoms with Crippen LogP contribution in [0, 0.1) is 0 Å². The smallest absolute Gasteiger partial charge is 0.134 e. The number of furan rings is 1. The van der Waals surface area contributed by atoms with E-state index < -0.39 is 0 Å². The summed E-state index contributed by atoms with van der Waals surface area (Å²) in [6.45, 7) is 0. The highest BCUT2D eigenvalue weighted by atomic mass is 35.5. The first-order valence-electron chi connectivity index (χ1n) is 4.11. The lowest BCUT2D eigenvalue weighted by Crippen LogP contribution is -1.61. The second-order valence-corrected chi connectivity index (χ2v) is 3.05. The minimum absolute atomic E-state index is 0.511. The van der Waals surface area contributed by atoms with Crippen LogP contribution in [0.1, 0.15) is 5.76 Å². The molecule has 2 aromatic rings. The number of alkyl halides is 1. The van der Waals surface area contributed by atoms with Crippen LogP contribution in [-0.2, 0) is 0 Å². The van der Waals surface area contributed by atoms with Gasteiger partial charge >= 0.3 is 0 Å². The SMILES string of the molecule is ClC/C=C/c1cc2ccccc2o1. The fourth-order valence-corrected chi connectivity index (χ4v) is 1.33. The van der Waals surface area contributed by atoms with Gasteiger partial charge in [-0.25, -0.2) is 0 Å². The van der Waals surface area contributed by atoms with Crippen LogP contribution in [0.3, 0.4) is 0 Å². The molecule has 0 radical (unpaired) electrons. The van der Waals surface area contributed by atoms with E-state index in [1.165, 1.54) is 0 Å². The number of halogens is 1. The largest absolute Gasteiger partial charge is 0.457 e. The lowest BCUT2D eigenvalue weighted by Gasteiger charge is -1.83. The number of hydrogen-bond donors (Lipinski definition) is 0. The number of fused-ring (bicyclic) bond motifs is 1. The minimum atomic E-state index is 0.511. The van der Waals surface area contributed by atoms with E-state index in [2.05, 4.69) is 0 Å². The van der Waals surface area contributed by atoms with E-state index in [0.29, 0.717) is 5.88 Å². The molecule has 1 heterocycles. The molecule has 0 spiro atoms. The van der Waals surface area contributed by atoms with Crippen LogP contribution in [0.5, 0.6) is 0 Å². The van der Waals surface area contributed by atoms with E-state index in [1.807, 2.05) is 42.5 Å². The van der Waals surface area contributed by atoms with Crippen molar-refractivity contribution in [1.29, 1.82) is 0 Å². The Morgan fingerprint density at radius 1 is 1.31 bits per heavy atom. The molecule has 0 aliphatic carbocycles. The zero-order chi connectivity index (χ0) is 9.10. The van der Waals surface area contributed by atoms with Crippen molar-refractivity contribution in [3.8, 4) is 0 Å². The molecule has 0 N–H and O–H groups in total. The van der Waals surface area contributed by atoms with Crippen molar-refractivity contribution in [2.24, 2.45) is 0 Å². The summed E-state index contributed by atoms with van der Waals surface area (Å²) in [5.74, 6) is 1.36. The molecule has 1 aromatic carbocycles. The molecule has 66 valence electrons. The molecule has 0 unspecified atom stereocenters. The van der Waals surface area contributed by atoms with Gasteiger partial charge in [0.05, 0.1) is 0 Å². The number of hydrogen-bond acceptors (Lipinski definition) is 1. The molecule has 1 nitrogen and oxygen atoms in total. The molecule has 2 rings (SSSR count). The predicted molar refractivity (Wildman–Crippen MR) is 56.0 cm³/mol. The third kappa shape index (κ3) is 1.76. The van der Waals surface area contributed by atoms with E-state index >= 15 is 0 Å². The molecular weight excluding hydrogens is 184 g/mol. The van der Waals surface area contributed by atoms with E-state index in [-0.39, 0.29) is 0 Å². The lowest BCUT2D eigenvalue weighted by molar-refractivity contribution is 0.604. The summed E-state index contributed by atoms with van der Waals surface area (Å²) in [5, 5.41) is 1.12. The number of para-hydroxylation sites is 1. The molecule has 0 fully saturated rings. The maximum atomic E-state index is 5.52. The first-order valence-corrected chi connectivity index (χ1v) is 4.64. The average Bonchev–Trinajstić information content (AvgIpc) is 2.57. The van der Waals surface area contributed by atoms with Gasteiger partial charge in [0, 0.05) is 11.3 Å². The predicted octanol–water partition coefficient (Wildman–Crippen LogP) is 3.68. The first-order chi connectivity index (χ1) is 6.40. The monoisotopic (exact) mass is 192 g/mol. The van der Waals surface area contributed by atoms with Gasteiger partial charge in [0.15, 0.2) is 0 Å². The van der Waals surface area contributed by atoms with Crippen molar-refractivity contribution >= 4 is 28.6 Å². The summed E-state index contributed by atoms with van der Waals surface area (Å²) in [4.78, 5) is 0. The molecule has 0 saturated heterocycles. The summed E-state index contributed by atoms with van der Waals surface area (Å²) in [6, 6.07) is 9.93. The van der Waals surface area contributed by atoms with E-state index in [9.17, 15) is 0 Å². The van der Waals surface area contributed by atoms with Gasteiger partial charge in [0.1, 0.15) is 11.3 Å². The summed E-state index contributed by atoms with van der Waals surface area (Å²) in [5.41, 5.74) is 0.914. The number of allylic oxidation sites excluding steroid dienone is 1. The maximum Gasteiger partial charge on any atom is 0.134 e. The molecule has 0 aliphatic heterocycles. The Morgan fingerprint density at radius 3 is 2.92 bits per heavy atom. The lowest BCUT2D eigenvalue weighted by atomic mass is 10.2. The van der Waals surface area contributed by atoms with Crippen LogP contribution in [-0.4, -0.2) is 5.88 Å². The first kappa shape index (κ1) is 8.39. The van der Waals surface area contributed by atoms with Gasteiger partial charge < -0.3 is 4.42 Å². The topological polar surface area (TPSA) is 13.1 Å². The Balaban J connectivity index is 2.44. The van der Waals surface area contributed by atoms with Crippen molar-refractivity contribution in [2.45, 2.75) is 0 Å². The van der Waals surface area contributed by atoms with Crippen LogP contribution in [0.4, 0.5) is 0 Å². The Hall–Kier alpha value is -1.21. The van der Waals surface area contributed by atoms with Crippen LogP contribution < -0.4 is 0 Å². The van der Waals surface area contributed by atoms with E-state index in [0.717, 1.165) is 16.7 Å². The van der Waals surface area contributed by atoms with Crippen molar-refractivity contribution in [1.82, 2.24) is 0 Å². The quantitative estimate of drug-likeness (QED) is 0.662.